The fourth-order valence-corrected chi connectivity index (χ4v) is 2.44. The van der Waals surface area contributed by atoms with E-state index in [1.165, 1.54) is 0 Å². The summed E-state index contributed by atoms with van der Waals surface area (Å²) in [5.41, 5.74) is -0.361. The standard InChI is InChI=1S/C11H17FN4O3/c1-8-10(17)9(16(18)19)11-13-7-14(4-2-3-12)5-6-15(8)11/h8,13H,2-7H2,1H3. The molecule has 7 nitrogen and oxygen atoms in total. The molecule has 2 heterocycles. The molecule has 1 N–H and O–H groups in total. The van der Waals surface area contributed by atoms with E-state index in [9.17, 15) is 19.3 Å². The molecule has 8 heteroatoms. The van der Waals surface area contributed by atoms with Gasteiger partial charge in [-0.1, -0.05) is 0 Å². The number of rotatable bonds is 4. The first kappa shape index (κ1) is 13.7. The van der Waals surface area contributed by atoms with E-state index >= 15 is 0 Å². The Bertz CT molecular complexity index is 426. The van der Waals surface area contributed by atoms with Crippen LogP contribution in [-0.2, 0) is 4.79 Å². The molecule has 0 spiro atoms. The van der Waals surface area contributed by atoms with Gasteiger partial charge in [-0.25, -0.2) is 0 Å². The van der Waals surface area contributed by atoms with Crippen LogP contribution in [-0.4, -0.2) is 59.5 Å². The third-order valence-electron chi connectivity index (χ3n) is 3.51. The first-order valence-electron chi connectivity index (χ1n) is 6.28. The lowest BCUT2D eigenvalue weighted by molar-refractivity contribution is -0.419. The van der Waals surface area contributed by atoms with E-state index < -0.39 is 16.7 Å². The molecule has 0 radical (unpaired) electrons. The van der Waals surface area contributed by atoms with E-state index in [0.717, 1.165) is 0 Å². The SMILES string of the molecule is CC1C(=O)C([N+](=O)[O-])=C2NCN(CCCF)CCN21. The van der Waals surface area contributed by atoms with E-state index in [-0.39, 0.29) is 12.4 Å². The van der Waals surface area contributed by atoms with Gasteiger partial charge >= 0.3 is 5.70 Å². The Morgan fingerprint density at radius 2 is 2.26 bits per heavy atom. The van der Waals surface area contributed by atoms with Crippen LogP contribution in [0.15, 0.2) is 11.5 Å². The van der Waals surface area contributed by atoms with Crippen molar-refractivity contribution < 1.29 is 14.1 Å². The van der Waals surface area contributed by atoms with Crippen molar-refractivity contribution in [3.05, 3.63) is 21.6 Å². The molecule has 0 amide bonds. The van der Waals surface area contributed by atoms with Gasteiger partial charge in [-0.2, -0.15) is 0 Å². The molecule has 1 unspecified atom stereocenters. The van der Waals surface area contributed by atoms with Crippen LogP contribution in [0.25, 0.3) is 0 Å². The van der Waals surface area contributed by atoms with Gasteiger partial charge in [0.05, 0.1) is 24.3 Å². The largest absolute Gasteiger partial charge is 0.353 e. The smallest absolute Gasteiger partial charge is 0.353 e. The van der Waals surface area contributed by atoms with Crippen molar-refractivity contribution in [2.24, 2.45) is 0 Å². The van der Waals surface area contributed by atoms with Crippen molar-refractivity contribution in [3.63, 3.8) is 0 Å². The number of nitrogens with one attached hydrogen (secondary N) is 1. The summed E-state index contributed by atoms with van der Waals surface area (Å²) in [5.74, 6) is -0.157. The van der Waals surface area contributed by atoms with E-state index in [0.29, 0.717) is 38.5 Å². The number of halogens is 1. The van der Waals surface area contributed by atoms with Crippen molar-refractivity contribution in [1.29, 1.82) is 0 Å². The summed E-state index contributed by atoms with van der Waals surface area (Å²) in [6.45, 7) is 3.46. The number of nitro groups is 1. The topological polar surface area (TPSA) is 78.7 Å². The zero-order valence-corrected chi connectivity index (χ0v) is 10.8. The Hall–Kier alpha value is -1.70. The summed E-state index contributed by atoms with van der Waals surface area (Å²) in [6.07, 6.45) is 0.442. The molecule has 0 aromatic carbocycles. The summed E-state index contributed by atoms with van der Waals surface area (Å²) in [5, 5.41) is 13.9. The molecule has 19 heavy (non-hydrogen) atoms. The van der Waals surface area contributed by atoms with Crippen LogP contribution in [0.3, 0.4) is 0 Å². The molecule has 106 valence electrons. The summed E-state index contributed by atoms with van der Waals surface area (Å²) in [7, 11) is 0. The second-order valence-corrected chi connectivity index (χ2v) is 4.68. The molecule has 2 aliphatic heterocycles. The number of alkyl halides is 1. The number of carbonyl (C=O) groups excluding carboxylic acids is 1. The lowest BCUT2D eigenvalue weighted by atomic mass is 10.2. The Kier molecular flexibility index (Phi) is 3.98. The first-order valence-corrected chi connectivity index (χ1v) is 6.28. The molecule has 0 saturated carbocycles. The van der Waals surface area contributed by atoms with Crippen LogP contribution >= 0.6 is 0 Å². The Morgan fingerprint density at radius 3 is 2.89 bits per heavy atom. The van der Waals surface area contributed by atoms with Crippen LogP contribution < -0.4 is 5.32 Å². The van der Waals surface area contributed by atoms with Crippen molar-refractivity contribution in [2.45, 2.75) is 19.4 Å². The summed E-state index contributed by atoms with van der Waals surface area (Å²) in [4.78, 5) is 25.9. The lowest BCUT2D eigenvalue weighted by Gasteiger charge is -2.22. The Balaban J connectivity index is 2.16. The molecule has 2 rings (SSSR count). The maximum atomic E-state index is 12.2. The summed E-state index contributed by atoms with van der Waals surface area (Å²) in [6, 6.07) is -0.510. The molecular formula is C11H17FN4O3. The van der Waals surface area contributed by atoms with Gasteiger partial charge in [-0.05, 0) is 13.3 Å². The number of nitrogens with zero attached hydrogens (tertiary/aromatic N) is 3. The number of hydrogen-bond acceptors (Lipinski definition) is 6. The maximum Gasteiger partial charge on any atom is 0.353 e. The van der Waals surface area contributed by atoms with Crippen molar-refractivity contribution in [1.82, 2.24) is 15.1 Å². The normalized spacial score (nSPS) is 24.2. The predicted molar refractivity (Wildman–Crippen MR) is 65.4 cm³/mol. The third kappa shape index (κ3) is 2.53. The quantitative estimate of drug-likeness (QED) is 0.570. The third-order valence-corrected chi connectivity index (χ3v) is 3.51. The molecule has 0 bridgehead atoms. The highest BCUT2D eigenvalue weighted by molar-refractivity contribution is 6.00. The van der Waals surface area contributed by atoms with Crippen molar-refractivity contribution in [3.8, 4) is 0 Å². The molecule has 2 aliphatic rings. The van der Waals surface area contributed by atoms with Crippen molar-refractivity contribution in [2.75, 3.05) is 33.0 Å². The van der Waals surface area contributed by atoms with Gasteiger partial charge in [0.15, 0.2) is 5.82 Å². The minimum atomic E-state index is -0.627. The highest BCUT2D eigenvalue weighted by Gasteiger charge is 2.45. The minimum Gasteiger partial charge on any atom is -0.353 e. The van der Waals surface area contributed by atoms with E-state index in [1.54, 1.807) is 11.8 Å². The van der Waals surface area contributed by atoms with E-state index in [1.807, 2.05) is 4.90 Å². The second kappa shape index (κ2) is 5.52. The van der Waals surface area contributed by atoms with E-state index in [2.05, 4.69) is 5.32 Å². The van der Waals surface area contributed by atoms with Gasteiger partial charge in [0.1, 0.15) is 0 Å². The van der Waals surface area contributed by atoms with Crippen LogP contribution in [0.5, 0.6) is 0 Å². The number of ketones is 1. The van der Waals surface area contributed by atoms with Crippen LogP contribution in [0, 0.1) is 10.1 Å². The van der Waals surface area contributed by atoms with Crippen LogP contribution in [0.4, 0.5) is 4.39 Å². The lowest BCUT2D eigenvalue weighted by Crippen LogP contribution is -2.36. The molecular weight excluding hydrogens is 255 g/mol. The molecule has 0 aromatic rings. The predicted octanol–water partition coefficient (Wildman–Crippen LogP) is -0.0723. The van der Waals surface area contributed by atoms with E-state index in [4.69, 9.17) is 0 Å². The monoisotopic (exact) mass is 272 g/mol. The molecule has 0 aromatic heterocycles. The molecule has 1 atom stereocenters. The zero-order chi connectivity index (χ0) is 14.0. The Morgan fingerprint density at radius 1 is 1.53 bits per heavy atom. The number of hydrogen-bond donors (Lipinski definition) is 1. The minimum absolute atomic E-state index is 0.297. The second-order valence-electron chi connectivity index (χ2n) is 4.68. The molecule has 1 saturated heterocycles. The van der Waals surface area contributed by atoms with Gasteiger partial charge in [0.2, 0.25) is 0 Å². The fraction of sp³-hybridized carbons (Fsp3) is 0.727. The highest BCUT2D eigenvalue weighted by Crippen LogP contribution is 2.25. The fourth-order valence-electron chi connectivity index (χ4n) is 2.44. The van der Waals surface area contributed by atoms with Gasteiger partial charge in [0.25, 0.3) is 5.78 Å². The number of carbonyl (C=O) groups is 1. The number of Topliss-reactive ketones (excluding diaryl/α,β-unsaturated/α-hetero) is 1. The first-order chi connectivity index (χ1) is 9.06. The van der Waals surface area contributed by atoms with Crippen LogP contribution in [0.2, 0.25) is 0 Å². The summed E-state index contributed by atoms with van der Waals surface area (Å²) < 4.78 is 12.2. The maximum absolute atomic E-state index is 12.2. The average molecular weight is 272 g/mol. The van der Waals surface area contributed by atoms with Crippen molar-refractivity contribution >= 4 is 5.78 Å². The van der Waals surface area contributed by atoms with Gasteiger partial charge < -0.3 is 10.2 Å². The van der Waals surface area contributed by atoms with Gasteiger partial charge in [0, 0.05) is 19.6 Å². The molecule has 0 aliphatic carbocycles. The Labute approximate surface area is 110 Å². The van der Waals surface area contributed by atoms with Crippen LogP contribution in [0.1, 0.15) is 13.3 Å². The average Bonchev–Trinajstić information content (AvgIpc) is 2.54. The van der Waals surface area contributed by atoms with Gasteiger partial charge in [-0.15, -0.1) is 0 Å². The van der Waals surface area contributed by atoms with Gasteiger partial charge in [-0.3, -0.25) is 24.2 Å². The zero-order valence-electron chi connectivity index (χ0n) is 10.8. The molecule has 1 fully saturated rings. The number of fused-ring (bicyclic) bond motifs is 1. The summed E-state index contributed by atoms with van der Waals surface area (Å²) >= 11 is 0. The highest BCUT2D eigenvalue weighted by atomic mass is 19.1.